The van der Waals surface area contributed by atoms with Gasteiger partial charge in [-0.3, -0.25) is 23.7 Å². The average Bonchev–Trinajstić information content (AvgIpc) is 3.01. The molecule has 0 saturated carbocycles. The van der Waals surface area contributed by atoms with Crippen molar-refractivity contribution in [2.75, 3.05) is 6.16 Å². The van der Waals surface area contributed by atoms with Gasteiger partial charge >= 0.3 is 0 Å². The van der Waals surface area contributed by atoms with Crippen molar-refractivity contribution in [2.24, 2.45) is 11.7 Å². The van der Waals surface area contributed by atoms with E-state index in [-0.39, 0.29) is 29.9 Å². The van der Waals surface area contributed by atoms with Gasteiger partial charge in [-0.15, -0.1) is 0 Å². The van der Waals surface area contributed by atoms with E-state index in [1.54, 1.807) is 30.4 Å². The minimum absolute atomic E-state index is 0.0709. The van der Waals surface area contributed by atoms with Crippen LogP contribution in [-0.2, 0) is 18.9 Å². The fourth-order valence-corrected chi connectivity index (χ4v) is 6.26. The maximum absolute atomic E-state index is 13.7. The van der Waals surface area contributed by atoms with Crippen LogP contribution < -0.4 is 21.7 Å². The molecule has 0 aliphatic rings. The molecule has 3 aromatic rings. The van der Waals surface area contributed by atoms with Gasteiger partial charge in [0.1, 0.15) is 29.8 Å². The summed E-state index contributed by atoms with van der Waals surface area (Å²) in [5, 5.41) is 7.60. The maximum atomic E-state index is 13.7. The summed E-state index contributed by atoms with van der Waals surface area (Å²) in [5.74, 6) is -5.15. The summed E-state index contributed by atoms with van der Waals surface area (Å²) in [4.78, 5) is 62.8. The number of hydrogen-bond donors (Lipinski definition) is 5. The molecule has 0 aromatic heterocycles. The molecule has 12 heteroatoms. The van der Waals surface area contributed by atoms with Crippen LogP contribution in [-0.4, -0.2) is 46.8 Å². The van der Waals surface area contributed by atoms with Gasteiger partial charge in [0.25, 0.3) is 5.91 Å². The maximum Gasteiger partial charge on any atom is 0.252 e. The number of carbonyl (C=O) groups excluding carboxylic acids is 4. The number of carbonyl (C=O) groups is 4. The smallest absolute Gasteiger partial charge is 0.252 e. The molecule has 0 radical (unpaired) electrons. The third-order valence-corrected chi connectivity index (χ3v) is 9.04. The van der Waals surface area contributed by atoms with E-state index in [4.69, 9.17) is 5.73 Å². The van der Waals surface area contributed by atoms with Gasteiger partial charge in [-0.2, -0.15) is 0 Å². The third-order valence-electron chi connectivity index (χ3n) is 7.07. The largest absolute Gasteiger partial charge is 0.368 e. The molecule has 4 amide bonds. The predicted octanol–water partition coefficient (Wildman–Crippen LogP) is 4.52. The van der Waals surface area contributed by atoms with Gasteiger partial charge in [0.15, 0.2) is 0 Å². The van der Waals surface area contributed by atoms with Gasteiger partial charge in [-0.25, -0.2) is 4.39 Å². The quantitative estimate of drug-likeness (QED) is 0.143. The third kappa shape index (κ3) is 11.4. The van der Waals surface area contributed by atoms with Gasteiger partial charge in [0.05, 0.1) is 0 Å². The molecule has 46 heavy (non-hydrogen) atoms. The molecule has 0 saturated heterocycles. The van der Waals surface area contributed by atoms with Crippen LogP contribution >= 0.6 is 7.37 Å². The topological polar surface area (TPSA) is 168 Å². The van der Waals surface area contributed by atoms with Crippen LogP contribution in [0.4, 0.5) is 4.39 Å². The van der Waals surface area contributed by atoms with Gasteiger partial charge in [0.2, 0.25) is 25.1 Å². The van der Waals surface area contributed by atoms with E-state index in [9.17, 15) is 33.0 Å². The van der Waals surface area contributed by atoms with Crippen LogP contribution in [0.25, 0.3) is 6.08 Å². The highest BCUT2D eigenvalue weighted by Gasteiger charge is 2.37. The van der Waals surface area contributed by atoms with Crippen molar-refractivity contribution in [2.45, 2.75) is 51.0 Å². The van der Waals surface area contributed by atoms with Crippen molar-refractivity contribution in [3.63, 3.8) is 0 Å². The highest BCUT2D eigenvalue weighted by atomic mass is 31.2. The summed E-state index contributed by atoms with van der Waals surface area (Å²) < 4.78 is 27.5. The monoisotopic (exact) mass is 650 g/mol. The fourth-order valence-electron chi connectivity index (χ4n) is 4.62. The van der Waals surface area contributed by atoms with E-state index in [0.29, 0.717) is 6.42 Å². The minimum Gasteiger partial charge on any atom is -0.368 e. The van der Waals surface area contributed by atoms with Crippen molar-refractivity contribution < 1.29 is 33.0 Å². The molecule has 0 aliphatic carbocycles. The van der Waals surface area contributed by atoms with Crippen LogP contribution in [0.2, 0.25) is 0 Å². The van der Waals surface area contributed by atoms with Crippen molar-refractivity contribution >= 4 is 37.1 Å². The van der Waals surface area contributed by atoms with Gasteiger partial charge in [-0.1, -0.05) is 92.7 Å². The average molecular weight is 651 g/mol. The molecule has 3 rings (SSSR count). The summed E-state index contributed by atoms with van der Waals surface area (Å²) in [6, 6.07) is 19.9. The summed E-state index contributed by atoms with van der Waals surface area (Å²) in [6.07, 6.45) is 3.39. The molecule has 2 unspecified atom stereocenters. The molecule has 0 bridgehead atoms. The number of amides is 4. The second-order valence-corrected chi connectivity index (χ2v) is 13.7. The molecule has 6 N–H and O–H groups in total. The Morgan fingerprint density at radius 1 is 0.870 bits per heavy atom. The lowest BCUT2D eigenvalue weighted by atomic mass is 10.0. The van der Waals surface area contributed by atoms with E-state index < -0.39 is 60.8 Å². The second kappa shape index (κ2) is 17.2. The number of benzene rings is 3. The Labute approximate surface area is 268 Å². The predicted molar refractivity (Wildman–Crippen MR) is 175 cm³/mol. The van der Waals surface area contributed by atoms with Crippen LogP contribution in [0.5, 0.6) is 0 Å². The van der Waals surface area contributed by atoms with E-state index in [0.717, 1.165) is 17.7 Å². The molecule has 10 nitrogen and oxygen atoms in total. The highest BCUT2D eigenvalue weighted by molar-refractivity contribution is 7.59. The van der Waals surface area contributed by atoms with Crippen molar-refractivity contribution in [3.8, 4) is 0 Å². The molecular formula is C34H40FN4O6P. The minimum atomic E-state index is -4.53. The number of primary amides is 1. The molecule has 0 fully saturated rings. The van der Waals surface area contributed by atoms with Gasteiger partial charge < -0.3 is 26.6 Å². The van der Waals surface area contributed by atoms with Crippen LogP contribution in [0, 0.1) is 11.7 Å². The van der Waals surface area contributed by atoms with Crippen LogP contribution in [0.15, 0.2) is 91.0 Å². The van der Waals surface area contributed by atoms with Crippen molar-refractivity contribution in [1.82, 2.24) is 16.0 Å². The van der Waals surface area contributed by atoms with Crippen molar-refractivity contribution in [1.29, 1.82) is 0 Å². The SMILES string of the molecule is CC(C)CC[C@H](NC(=O)CP(=O)(O)C(NC(=O)c1cccc(F)c1)c1ccccc1)C(=O)N[C@@H](C/C=C/c1ccccc1)C(N)=O. The molecule has 3 aromatic carbocycles. The fraction of sp³-hybridized carbons (Fsp3) is 0.294. The molecule has 0 heterocycles. The Morgan fingerprint density at radius 2 is 1.52 bits per heavy atom. The standard InChI is InChI=1S/C34H40FN4O6P/c1-23(2)19-20-29(33(43)38-28(31(36)41)18-9-13-24-11-5-3-6-12-24)37-30(40)22-46(44,45)34(25-14-7-4-8-15-25)39-32(42)26-16-10-17-27(35)21-26/h3-17,21,23,28-29,34H,18-20,22H2,1-2H3,(H2,36,41)(H,37,40)(H,38,43)(H,39,42)(H,44,45)/b13-9+/t28-,29-,34?/m0/s1. The molecule has 4 atom stereocenters. The zero-order valence-corrected chi connectivity index (χ0v) is 26.7. The number of halogens is 1. The van der Waals surface area contributed by atoms with E-state index in [1.807, 2.05) is 44.2 Å². The first-order valence-corrected chi connectivity index (χ1v) is 16.8. The Hall–Kier alpha value is -4.60. The lowest BCUT2D eigenvalue weighted by molar-refractivity contribution is -0.131. The Morgan fingerprint density at radius 3 is 2.13 bits per heavy atom. The van der Waals surface area contributed by atoms with E-state index in [1.165, 1.54) is 24.3 Å². The summed E-state index contributed by atoms with van der Waals surface area (Å²) in [5.41, 5.74) is 6.63. The Kier molecular flexibility index (Phi) is 13.4. The molecule has 0 aliphatic heterocycles. The number of hydrogen-bond acceptors (Lipinski definition) is 5. The van der Waals surface area contributed by atoms with E-state index in [2.05, 4.69) is 16.0 Å². The molecule has 244 valence electrons. The lowest BCUT2D eigenvalue weighted by Crippen LogP contribution is -2.53. The Balaban J connectivity index is 1.75. The lowest BCUT2D eigenvalue weighted by Gasteiger charge is -2.26. The van der Waals surface area contributed by atoms with E-state index >= 15 is 0 Å². The summed E-state index contributed by atoms with van der Waals surface area (Å²) >= 11 is 0. The first-order valence-electron chi connectivity index (χ1n) is 14.9. The second-order valence-electron chi connectivity index (χ2n) is 11.3. The van der Waals surface area contributed by atoms with Gasteiger partial charge in [0, 0.05) is 5.56 Å². The zero-order chi connectivity index (χ0) is 33.7. The molecular weight excluding hydrogens is 610 g/mol. The molecule has 0 spiro atoms. The first kappa shape index (κ1) is 35.9. The van der Waals surface area contributed by atoms with Crippen molar-refractivity contribution in [3.05, 3.63) is 114 Å². The normalized spacial score (nSPS) is 14.5. The summed E-state index contributed by atoms with van der Waals surface area (Å²) in [6.45, 7) is 3.87. The number of nitrogens with one attached hydrogen (secondary N) is 3. The van der Waals surface area contributed by atoms with Crippen LogP contribution in [0.3, 0.4) is 0 Å². The van der Waals surface area contributed by atoms with Gasteiger partial charge in [-0.05, 0) is 54.5 Å². The number of rotatable bonds is 16. The summed E-state index contributed by atoms with van der Waals surface area (Å²) in [7, 11) is -4.53. The zero-order valence-electron chi connectivity index (χ0n) is 25.8. The van der Waals surface area contributed by atoms with Crippen LogP contribution in [0.1, 0.15) is 60.4 Å². The first-order chi connectivity index (χ1) is 21.9. The number of nitrogens with two attached hydrogens (primary N) is 1. The Bertz CT molecular complexity index is 1570. The highest BCUT2D eigenvalue weighted by Crippen LogP contribution is 2.53.